The van der Waals surface area contributed by atoms with Crippen molar-refractivity contribution < 1.29 is 119 Å². The van der Waals surface area contributed by atoms with Crippen molar-refractivity contribution in [2.45, 2.75) is 208 Å². The summed E-state index contributed by atoms with van der Waals surface area (Å²) in [6, 6.07) is 0. The molecule has 0 aromatic carbocycles. The van der Waals surface area contributed by atoms with Crippen LogP contribution in [0.1, 0.15) is 79.6 Å². The van der Waals surface area contributed by atoms with Crippen molar-refractivity contribution in [1.82, 2.24) is 0 Å². The number of hydrogen-bond donors (Lipinski definition) is 13. The zero-order valence-electron chi connectivity index (χ0n) is 40.6. The Morgan fingerprint density at radius 1 is 0.592 bits per heavy atom. The Bertz CT molecular complexity index is 1770. The Labute approximate surface area is 411 Å². The average Bonchev–Trinajstić information content (AvgIpc) is 3.32. The fraction of sp³-hybridized carbons (Fsp3) is 0.787. The van der Waals surface area contributed by atoms with E-state index in [9.17, 15) is 70.9 Å². The van der Waals surface area contributed by atoms with Crippen LogP contribution in [0.5, 0.6) is 0 Å². The largest absolute Gasteiger partial charge is 0.481 e. The second-order valence-electron chi connectivity index (χ2n) is 18.8. The lowest BCUT2D eigenvalue weighted by Gasteiger charge is -2.47. The van der Waals surface area contributed by atoms with E-state index in [1.54, 1.807) is 19.9 Å². The van der Waals surface area contributed by atoms with Crippen LogP contribution in [-0.4, -0.2) is 233 Å². The zero-order chi connectivity index (χ0) is 52.9. The number of rotatable bonds is 25. The number of carbonyl (C=O) groups is 2. The Morgan fingerprint density at radius 2 is 1.08 bits per heavy atom. The summed E-state index contributed by atoms with van der Waals surface area (Å²) >= 11 is 0. The second-order valence-corrected chi connectivity index (χ2v) is 18.8. The maximum atomic E-state index is 11.9. The first kappa shape index (κ1) is 60.7. The molecule has 0 aromatic rings. The monoisotopic (exact) mass is 1020 g/mol. The van der Waals surface area contributed by atoms with E-state index in [1.807, 2.05) is 19.9 Å². The lowest BCUT2D eigenvalue weighted by Crippen LogP contribution is -2.64. The summed E-state index contributed by atoms with van der Waals surface area (Å²) in [7, 11) is 0. The van der Waals surface area contributed by atoms with Crippen LogP contribution in [-0.2, 0) is 52.2 Å². The fourth-order valence-electron chi connectivity index (χ4n) is 8.25. The highest BCUT2D eigenvalue weighted by molar-refractivity contribution is 5.90. The number of allylic oxidation sites excluding steroid dienone is 5. The predicted molar refractivity (Wildman–Crippen MR) is 242 cm³/mol. The molecule has 24 heteroatoms. The van der Waals surface area contributed by atoms with Gasteiger partial charge in [0.15, 0.2) is 25.2 Å². The minimum atomic E-state index is -1.86. The van der Waals surface area contributed by atoms with Crippen LogP contribution in [0, 0.1) is 0 Å². The van der Waals surface area contributed by atoms with Crippen molar-refractivity contribution >= 4 is 11.9 Å². The van der Waals surface area contributed by atoms with Crippen LogP contribution in [0.4, 0.5) is 0 Å². The van der Waals surface area contributed by atoms with E-state index >= 15 is 0 Å². The molecular weight excluding hydrogens is 948 g/mol. The minimum Gasteiger partial charge on any atom is -0.481 e. The van der Waals surface area contributed by atoms with Gasteiger partial charge < -0.3 is 109 Å². The highest BCUT2D eigenvalue weighted by Crippen LogP contribution is 2.34. The first-order chi connectivity index (χ1) is 33.4. The number of hydrogen-bond acceptors (Lipinski definition) is 23. The smallest absolute Gasteiger partial charge is 0.317 e. The molecule has 4 aliphatic rings. The maximum absolute atomic E-state index is 11.9. The molecule has 13 N–H and O–H groups in total. The second kappa shape index (κ2) is 28.1. The standard InChI is InChI=1S/C47H76O24/c1-7-47(6,71-45-40(62)37(59)41(27(19-49)67-45)69-43-38(60)34(56)31(53)25(5)65-43)16-10-15-23(3)12-8-11-22(2)13-9-14-24(4)20-64-46-42(70-44-39(61)35(57)32(54)26(18-48)66-44)36(58)33(55)28(68-46)21-63-30(52)17-29(50)51/h7,11,14-15,25-28,31-46,48-49,53-62H,1,8-10,12-13,16-21H2,2-6H3,(H,50,51)/b22-11+,23-15+,24-14-/t25-,26+,27+,28+,31-,32+,33+,34+,35-,36-,37+,38+,39+,40+,41+,42+,43-,44?,45-,46+,47+/m0/s1. The molecule has 4 rings (SSSR count). The number of carbonyl (C=O) groups excluding carboxylic acids is 1. The molecule has 1 unspecified atom stereocenters. The van der Waals surface area contributed by atoms with E-state index in [-0.39, 0.29) is 6.61 Å². The molecule has 408 valence electrons. The third kappa shape index (κ3) is 16.8. The van der Waals surface area contributed by atoms with Crippen molar-refractivity contribution in [2.75, 3.05) is 26.4 Å². The first-order valence-electron chi connectivity index (χ1n) is 23.7. The van der Waals surface area contributed by atoms with Crippen LogP contribution >= 0.6 is 0 Å². The van der Waals surface area contributed by atoms with Crippen LogP contribution in [0.25, 0.3) is 0 Å². The highest BCUT2D eigenvalue weighted by atomic mass is 16.8. The summed E-state index contributed by atoms with van der Waals surface area (Å²) in [4.78, 5) is 22.8. The molecule has 4 aliphatic heterocycles. The summed E-state index contributed by atoms with van der Waals surface area (Å²) in [5.74, 6) is -2.57. The maximum Gasteiger partial charge on any atom is 0.317 e. The highest BCUT2D eigenvalue weighted by Gasteiger charge is 2.53. The third-order valence-corrected chi connectivity index (χ3v) is 12.9. The van der Waals surface area contributed by atoms with Gasteiger partial charge in [-0.25, -0.2) is 0 Å². The Balaban J connectivity index is 1.26. The molecule has 0 amide bonds. The molecule has 0 saturated carbocycles. The van der Waals surface area contributed by atoms with Gasteiger partial charge in [-0.1, -0.05) is 41.0 Å². The topological polar surface area (TPSA) is 380 Å². The van der Waals surface area contributed by atoms with Gasteiger partial charge in [-0.05, 0) is 73.1 Å². The molecule has 21 atom stereocenters. The zero-order valence-corrected chi connectivity index (χ0v) is 40.6. The van der Waals surface area contributed by atoms with Crippen molar-refractivity contribution in [3.8, 4) is 0 Å². The average molecular weight is 1030 g/mol. The molecule has 0 aliphatic carbocycles. The molecule has 0 radical (unpaired) electrons. The van der Waals surface area contributed by atoms with E-state index in [0.717, 1.165) is 29.6 Å². The summed E-state index contributed by atoms with van der Waals surface area (Å²) in [6.07, 6.45) is -20.6. The van der Waals surface area contributed by atoms with E-state index < -0.39 is 167 Å². The lowest BCUT2D eigenvalue weighted by molar-refractivity contribution is -0.366. The van der Waals surface area contributed by atoms with Crippen LogP contribution in [0.15, 0.2) is 47.6 Å². The Hall–Kier alpha value is -2.90. The van der Waals surface area contributed by atoms with Crippen LogP contribution in [0.2, 0.25) is 0 Å². The van der Waals surface area contributed by atoms with Gasteiger partial charge in [0.2, 0.25) is 0 Å². The summed E-state index contributed by atoms with van der Waals surface area (Å²) < 4.78 is 50.9. The van der Waals surface area contributed by atoms with Gasteiger partial charge in [0.05, 0.1) is 31.5 Å². The van der Waals surface area contributed by atoms with Gasteiger partial charge in [0.1, 0.15) is 105 Å². The number of esters is 1. The molecule has 71 heavy (non-hydrogen) atoms. The molecule has 0 bridgehead atoms. The van der Waals surface area contributed by atoms with Crippen molar-refractivity contribution in [1.29, 1.82) is 0 Å². The van der Waals surface area contributed by atoms with Crippen LogP contribution < -0.4 is 0 Å². The van der Waals surface area contributed by atoms with E-state index in [2.05, 4.69) is 18.7 Å². The number of carboxylic acids is 1. The Morgan fingerprint density at radius 3 is 1.68 bits per heavy atom. The molecule has 4 heterocycles. The van der Waals surface area contributed by atoms with Crippen molar-refractivity contribution in [3.05, 3.63) is 47.6 Å². The van der Waals surface area contributed by atoms with Gasteiger partial charge in [0.25, 0.3) is 0 Å². The fourth-order valence-corrected chi connectivity index (χ4v) is 8.25. The van der Waals surface area contributed by atoms with Crippen LogP contribution in [0.3, 0.4) is 0 Å². The molecule has 4 fully saturated rings. The summed E-state index contributed by atoms with van der Waals surface area (Å²) in [5.41, 5.74) is 1.91. The Kier molecular flexibility index (Phi) is 24.0. The normalized spacial score (nSPS) is 39.4. The molecular formula is C47H76O24. The third-order valence-electron chi connectivity index (χ3n) is 12.9. The number of carboxylic acid groups (broad SMARTS) is 1. The summed E-state index contributed by atoms with van der Waals surface area (Å²) in [6.45, 7) is 10.7. The number of aliphatic carboxylic acids is 1. The van der Waals surface area contributed by atoms with Gasteiger partial charge in [-0.3, -0.25) is 9.59 Å². The first-order valence-corrected chi connectivity index (χ1v) is 23.7. The van der Waals surface area contributed by atoms with Gasteiger partial charge in [-0.15, -0.1) is 6.58 Å². The molecule has 4 saturated heterocycles. The van der Waals surface area contributed by atoms with Crippen molar-refractivity contribution in [2.24, 2.45) is 0 Å². The molecule has 0 aromatic heterocycles. The van der Waals surface area contributed by atoms with Gasteiger partial charge in [0, 0.05) is 0 Å². The number of aliphatic hydroxyl groups excluding tert-OH is 12. The lowest BCUT2D eigenvalue weighted by atomic mass is 9.95. The predicted octanol–water partition coefficient (Wildman–Crippen LogP) is -2.55. The molecule has 0 spiro atoms. The summed E-state index contributed by atoms with van der Waals surface area (Å²) in [5, 5.41) is 134. The van der Waals surface area contributed by atoms with E-state index in [4.69, 9.17) is 47.7 Å². The molecule has 24 nitrogen and oxygen atoms in total. The van der Waals surface area contributed by atoms with Crippen molar-refractivity contribution in [3.63, 3.8) is 0 Å². The van der Waals surface area contributed by atoms with Gasteiger partial charge in [-0.2, -0.15) is 0 Å². The number of ether oxygens (including phenoxy) is 9. The quantitative estimate of drug-likeness (QED) is 0.0254. The van der Waals surface area contributed by atoms with E-state index in [1.165, 1.54) is 6.92 Å². The minimum absolute atomic E-state index is 0.0913. The SMILES string of the molecule is C=C[C@](C)(CC/C=C(\C)CC/C=C(\C)CC/C=C(/C)CO[C@@H]1O[C@H](COC(=O)CC(=O)O)[C@@H](O)[C@H](O)[C@H]1OC1O[C@H](CO)[C@@H](O)[C@H](O)[C@H]1O)O[C@@H]1O[C@H](CO)[C@@H](O[C@@H]2O[C@@H](C)[C@H](O)[C@@H](O)[C@H]2O)[C@H](O)[C@H]1O. The number of aliphatic hydroxyl groups is 12. The van der Waals surface area contributed by atoms with E-state index in [0.29, 0.717) is 25.7 Å². The van der Waals surface area contributed by atoms with Gasteiger partial charge >= 0.3 is 11.9 Å².